The minimum atomic E-state index is -0.360. The summed E-state index contributed by atoms with van der Waals surface area (Å²) in [6.07, 6.45) is 3.87. The van der Waals surface area contributed by atoms with Crippen LogP contribution in [0.3, 0.4) is 0 Å². The highest BCUT2D eigenvalue weighted by Gasteiger charge is 2.53. The Morgan fingerprint density at radius 2 is 1.40 bits per heavy atom. The summed E-state index contributed by atoms with van der Waals surface area (Å²) in [6, 6.07) is 30.0. The van der Waals surface area contributed by atoms with Crippen molar-refractivity contribution in [2.24, 2.45) is 0 Å². The Labute approximate surface area is 210 Å². The van der Waals surface area contributed by atoms with E-state index in [9.17, 15) is 4.79 Å². The standard InChI is InChI=1S/C31H37N3O/c1-24-13-11-12-18-27(24)33(4)31(26-16-9-6-10-17-26)21-19-30(20-22-31)23-34(28(35)32-30)29(2,3)25-14-7-5-8-15-25/h5-18H,19-23H2,1-4H3,(H,32,35)/t30-,31-. The maximum Gasteiger partial charge on any atom is 0.318 e. The third kappa shape index (κ3) is 3.99. The van der Waals surface area contributed by atoms with Crippen LogP contribution in [0.2, 0.25) is 0 Å². The molecule has 1 saturated carbocycles. The van der Waals surface area contributed by atoms with Gasteiger partial charge in [-0.1, -0.05) is 78.9 Å². The molecule has 0 bridgehead atoms. The van der Waals surface area contributed by atoms with Crippen LogP contribution in [0, 0.1) is 6.92 Å². The largest absolute Gasteiger partial charge is 0.365 e. The first-order valence-corrected chi connectivity index (χ1v) is 12.8. The number of amides is 2. The van der Waals surface area contributed by atoms with E-state index in [0.29, 0.717) is 0 Å². The molecule has 0 aromatic heterocycles. The summed E-state index contributed by atoms with van der Waals surface area (Å²) in [4.78, 5) is 17.8. The molecule has 0 radical (unpaired) electrons. The van der Waals surface area contributed by atoms with Gasteiger partial charge in [0.05, 0.1) is 16.6 Å². The minimum Gasteiger partial charge on any atom is -0.365 e. The number of aryl methyl sites for hydroxylation is 1. The summed E-state index contributed by atoms with van der Waals surface area (Å²) in [5.41, 5.74) is 4.43. The summed E-state index contributed by atoms with van der Waals surface area (Å²) in [5, 5.41) is 3.44. The lowest BCUT2D eigenvalue weighted by Crippen LogP contribution is -2.55. The van der Waals surface area contributed by atoms with Crippen molar-refractivity contribution in [1.82, 2.24) is 10.2 Å². The fourth-order valence-corrected chi connectivity index (χ4v) is 6.32. The molecule has 1 spiro atoms. The summed E-state index contributed by atoms with van der Waals surface area (Å²) in [7, 11) is 2.24. The zero-order valence-corrected chi connectivity index (χ0v) is 21.4. The van der Waals surface area contributed by atoms with Crippen molar-refractivity contribution in [2.45, 2.75) is 63.1 Å². The van der Waals surface area contributed by atoms with Gasteiger partial charge in [-0.3, -0.25) is 0 Å². The molecule has 4 nitrogen and oxygen atoms in total. The Kier molecular flexibility index (Phi) is 5.86. The van der Waals surface area contributed by atoms with Crippen LogP contribution in [0.15, 0.2) is 84.9 Å². The number of urea groups is 1. The second-order valence-corrected chi connectivity index (χ2v) is 11.0. The van der Waals surface area contributed by atoms with Crippen LogP contribution >= 0.6 is 0 Å². The molecule has 5 rings (SSSR count). The average Bonchev–Trinajstić information content (AvgIpc) is 3.22. The normalized spacial score (nSPS) is 24.5. The number of hydrogen-bond acceptors (Lipinski definition) is 2. The van der Waals surface area contributed by atoms with Crippen LogP contribution in [-0.2, 0) is 11.1 Å². The number of nitrogens with zero attached hydrogens (tertiary/aromatic N) is 2. The molecular weight excluding hydrogens is 430 g/mol. The summed E-state index contributed by atoms with van der Waals surface area (Å²) >= 11 is 0. The average molecular weight is 468 g/mol. The summed E-state index contributed by atoms with van der Waals surface area (Å²) in [5.74, 6) is 0. The molecular formula is C31H37N3O. The number of para-hydroxylation sites is 1. The molecule has 4 heteroatoms. The van der Waals surface area contributed by atoms with Crippen molar-refractivity contribution in [3.63, 3.8) is 0 Å². The van der Waals surface area contributed by atoms with Crippen LogP contribution < -0.4 is 10.2 Å². The lowest BCUT2D eigenvalue weighted by molar-refractivity contribution is 0.134. The maximum atomic E-state index is 13.3. The lowest BCUT2D eigenvalue weighted by Gasteiger charge is -2.51. The highest BCUT2D eigenvalue weighted by Crippen LogP contribution is 2.49. The molecule has 1 aliphatic heterocycles. The third-order valence-electron chi connectivity index (χ3n) is 8.70. The monoisotopic (exact) mass is 467 g/mol. The molecule has 0 atom stereocenters. The van der Waals surface area contributed by atoms with Crippen molar-refractivity contribution in [1.29, 1.82) is 0 Å². The van der Waals surface area contributed by atoms with E-state index in [1.54, 1.807) is 0 Å². The second-order valence-electron chi connectivity index (χ2n) is 11.0. The molecule has 35 heavy (non-hydrogen) atoms. The number of anilines is 1. The van der Waals surface area contributed by atoms with Crippen molar-refractivity contribution >= 4 is 11.7 Å². The number of carbonyl (C=O) groups excluding carboxylic acids is 1. The molecule has 1 saturated heterocycles. The Bertz CT molecular complexity index is 1180. The molecule has 2 aliphatic rings. The molecule has 1 aliphatic carbocycles. The highest BCUT2D eigenvalue weighted by atomic mass is 16.2. The molecule has 3 aromatic rings. The Morgan fingerprint density at radius 1 is 0.829 bits per heavy atom. The van der Waals surface area contributed by atoms with Gasteiger partial charge in [-0.2, -0.15) is 0 Å². The van der Waals surface area contributed by atoms with Gasteiger partial charge >= 0.3 is 6.03 Å². The van der Waals surface area contributed by atoms with Crippen LogP contribution in [0.5, 0.6) is 0 Å². The van der Waals surface area contributed by atoms with E-state index < -0.39 is 0 Å². The predicted octanol–water partition coefficient (Wildman–Crippen LogP) is 6.60. The van der Waals surface area contributed by atoms with E-state index in [-0.39, 0.29) is 22.6 Å². The van der Waals surface area contributed by atoms with Crippen LogP contribution in [-0.4, -0.2) is 30.1 Å². The maximum absolute atomic E-state index is 13.3. The van der Waals surface area contributed by atoms with Crippen molar-refractivity contribution < 1.29 is 4.79 Å². The summed E-state index contributed by atoms with van der Waals surface area (Å²) < 4.78 is 0. The fraction of sp³-hybridized carbons (Fsp3) is 0.387. The molecule has 1 heterocycles. The predicted molar refractivity (Wildman–Crippen MR) is 144 cm³/mol. The van der Waals surface area contributed by atoms with Crippen molar-refractivity contribution in [3.8, 4) is 0 Å². The SMILES string of the molecule is Cc1ccccc1N(C)[C@]1(c2ccccc2)CC[C@@]2(CC1)CN(C(C)(C)c1ccccc1)C(=O)N2. The van der Waals surface area contributed by atoms with Gasteiger partial charge in [0, 0.05) is 19.3 Å². The van der Waals surface area contributed by atoms with Gasteiger partial charge in [-0.05, 0) is 69.2 Å². The Hall–Kier alpha value is -3.27. The van der Waals surface area contributed by atoms with Crippen LogP contribution in [0.25, 0.3) is 0 Å². The van der Waals surface area contributed by atoms with Crippen molar-refractivity contribution in [3.05, 3.63) is 102 Å². The molecule has 0 unspecified atom stereocenters. The van der Waals surface area contributed by atoms with E-state index in [0.717, 1.165) is 32.2 Å². The number of nitrogens with one attached hydrogen (secondary N) is 1. The molecule has 2 fully saturated rings. The van der Waals surface area contributed by atoms with Gasteiger partial charge in [0.25, 0.3) is 0 Å². The van der Waals surface area contributed by atoms with Crippen LogP contribution in [0.4, 0.5) is 10.5 Å². The Morgan fingerprint density at radius 3 is 2.03 bits per heavy atom. The number of hydrogen-bond donors (Lipinski definition) is 1. The topological polar surface area (TPSA) is 35.6 Å². The van der Waals surface area contributed by atoms with E-state index in [1.165, 1.54) is 22.4 Å². The molecule has 2 amide bonds. The minimum absolute atomic E-state index is 0.0540. The van der Waals surface area contributed by atoms with Gasteiger partial charge in [0.1, 0.15) is 0 Å². The van der Waals surface area contributed by atoms with E-state index in [2.05, 4.69) is 117 Å². The fourth-order valence-electron chi connectivity index (χ4n) is 6.32. The third-order valence-corrected chi connectivity index (χ3v) is 8.70. The number of rotatable bonds is 5. The van der Waals surface area contributed by atoms with Gasteiger partial charge in [0.2, 0.25) is 0 Å². The van der Waals surface area contributed by atoms with Gasteiger partial charge in [-0.15, -0.1) is 0 Å². The quantitative estimate of drug-likeness (QED) is 0.459. The van der Waals surface area contributed by atoms with E-state index >= 15 is 0 Å². The summed E-state index contributed by atoms with van der Waals surface area (Å²) in [6.45, 7) is 7.25. The molecule has 1 N–H and O–H groups in total. The smallest absolute Gasteiger partial charge is 0.318 e. The van der Waals surface area contributed by atoms with Crippen molar-refractivity contribution in [2.75, 3.05) is 18.5 Å². The zero-order chi connectivity index (χ0) is 24.7. The second kappa shape index (κ2) is 8.75. The Balaban J connectivity index is 1.44. The zero-order valence-electron chi connectivity index (χ0n) is 21.4. The first kappa shape index (κ1) is 23.5. The van der Waals surface area contributed by atoms with Crippen LogP contribution in [0.1, 0.15) is 56.2 Å². The number of carbonyl (C=O) groups is 1. The first-order valence-electron chi connectivity index (χ1n) is 12.8. The van der Waals surface area contributed by atoms with Gasteiger partial charge < -0.3 is 15.1 Å². The van der Waals surface area contributed by atoms with Gasteiger partial charge in [-0.25, -0.2) is 4.79 Å². The van der Waals surface area contributed by atoms with E-state index in [1.807, 2.05) is 11.0 Å². The van der Waals surface area contributed by atoms with E-state index in [4.69, 9.17) is 0 Å². The molecule has 182 valence electrons. The highest BCUT2D eigenvalue weighted by molar-refractivity contribution is 5.79. The number of benzene rings is 3. The molecule has 3 aromatic carbocycles. The lowest BCUT2D eigenvalue weighted by atomic mass is 9.68. The van der Waals surface area contributed by atoms with Gasteiger partial charge in [0.15, 0.2) is 0 Å². The first-order chi connectivity index (χ1) is 16.8.